The van der Waals surface area contributed by atoms with Crippen LogP contribution in [0.25, 0.3) is 0 Å². The zero-order valence-electron chi connectivity index (χ0n) is 14.4. The largest absolute Gasteiger partial charge is 0.344 e. The molecule has 1 saturated carbocycles. The van der Waals surface area contributed by atoms with Gasteiger partial charge in [0.05, 0.1) is 6.54 Å². The number of nitrogens with one attached hydrogen (secondary N) is 2. The van der Waals surface area contributed by atoms with Crippen LogP contribution in [0.4, 0.5) is 4.79 Å². The predicted octanol–water partition coefficient (Wildman–Crippen LogP) is 1.86. The molecule has 0 aromatic carbocycles. The van der Waals surface area contributed by atoms with Crippen molar-refractivity contribution in [1.82, 2.24) is 20.7 Å². The highest BCUT2D eigenvalue weighted by molar-refractivity contribution is 7.09. The van der Waals surface area contributed by atoms with E-state index in [4.69, 9.17) is 0 Å². The SMILES string of the molecule is CCN(CC(=O)NN1C(=O)NC2(CCCCC2)C1=O)Cc1cccs1. The summed E-state index contributed by atoms with van der Waals surface area (Å²) in [5.74, 6) is -0.679. The summed E-state index contributed by atoms with van der Waals surface area (Å²) in [5, 5.41) is 5.66. The maximum absolute atomic E-state index is 12.7. The van der Waals surface area contributed by atoms with Crippen LogP contribution < -0.4 is 10.7 Å². The minimum Gasteiger partial charge on any atom is -0.322 e. The van der Waals surface area contributed by atoms with Crippen LogP contribution in [-0.4, -0.2) is 46.4 Å². The number of amides is 4. The molecule has 2 N–H and O–H groups in total. The number of carbonyl (C=O) groups is 3. The number of likely N-dealkylation sites (N-methyl/N-ethyl adjacent to an activating group) is 1. The van der Waals surface area contributed by atoms with Crippen LogP contribution in [0, 0.1) is 0 Å². The summed E-state index contributed by atoms with van der Waals surface area (Å²) >= 11 is 1.64. The van der Waals surface area contributed by atoms with E-state index >= 15 is 0 Å². The number of hydrazine groups is 1. The van der Waals surface area contributed by atoms with Gasteiger partial charge >= 0.3 is 6.03 Å². The number of hydrogen-bond donors (Lipinski definition) is 2. The van der Waals surface area contributed by atoms with E-state index in [0.717, 1.165) is 24.3 Å². The highest BCUT2D eigenvalue weighted by atomic mass is 32.1. The standard InChI is InChI=1S/C17H24N4O3S/c1-2-20(11-13-7-6-10-25-13)12-14(22)19-21-15(23)17(18-16(21)24)8-4-3-5-9-17/h6-7,10H,2-5,8-9,11-12H2,1H3,(H,18,24)(H,19,22). The maximum atomic E-state index is 12.7. The van der Waals surface area contributed by atoms with Gasteiger partial charge in [0.15, 0.2) is 0 Å². The fourth-order valence-electron chi connectivity index (χ4n) is 3.48. The van der Waals surface area contributed by atoms with E-state index in [1.165, 1.54) is 4.88 Å². The van der Waals surface area contributed by atoms with Crippen molar-refractivity contribution in [1.29, 1.82) is 0 Å². The highest BCUT2D eigenvalue weighted by Gasteiger charge is 2.52. The number of carbonyl (C=O) groups excluding carboxylic acids is 3. The molecule has 1 aliphatic heterocycles. The van der Waals surface area contributed by atoms with Crippen LogP contribution >= 0.6 is 11.3 Å². The van der Waals surface area contributed by atoms with Gasteiger partial charge in [-0.1, -0.05) is 32.3 Å². The molecule has 1 aromatic rings. The average Bonchev–Trinajstić information content (AvgIpc) is 3.18. The molecule has 25 heavy (non-hydrogen) atoms. The highest BCUT2D eigenvalue weighted by Crippen LogP contribution is 2.32. The van der Waals surface area contributed by atoms with Gasteiger partial charge in [-0.15, -0.1) is 11.3 Å². The minimum absolute atomic E-state index is 0.137. The third-order valence-corrected chi connectivity index (χ3v) is 5.74. The minimum atomic E-state index is -0.815. The van der Waals surface area contributed by atoms with E-state index in [1.54, 1.807) is 11.3 Å². The van der Waals surface area contributed by atoms with Gasteiger partial charge in [0.1, 0.15) is 5.54 Å². The molecule has 8 heteroatoms. The van der Waals surface area contributed by atoms with Crippen molar-refractivity contribution in [3.05, 3.63) is 22.4 Å². The van der Waals surface area contributed by atoms with E-state index in [9.17, 15) is 14.4 Å². The van der Waals surface area contributed by atoms with Crippen LogP contribution in [0.3, 0.4) is 0 Å². The molecule has 3 rings (SSSR count). The summed E-state index contributed by atoms with van der Waals surface area (Å²) in [6.07, 6.45) is 4.19. The molecule has 0 radical (unpaired) electrons. The van der Waals surface area contributed by atoms with E-state index in [-0.39, 0.29) is 18.4 Å². The van der Waals surface area contributed by atoms with E-state index in [2.05, 4.69) is 10.7 Å². The zero-order valence-corrected chi connectivity index (χ0v) is 15.2. The Morgan fingerprint density at radius 1 is 1.36 bits per heavy atom. The van der Waals surface area contributed by atoms with Crippen LogP contribution in [0.5, 0.6) is 0 Å². The summed E-state index contributed by atoms with van der Waals surface area (Å²) in [6, 6.07) is 3.47. The van der Waals surface area contributed by atoms with Crippen molar-refractivity contribution >= 4 is 29.2 Å². The third kappa shape index (κ3) is 3.85. The number of thiophene rings is 1. The van der Waals surface area contributed by atoms with E-state index in [0.29, 0.717) is 25.9 Å². The number of imide groups is 1. The van der Waals surface area contributed by atoms with Crippen LogP contribution in [-0.2, 0) is 16.1 Å². The Labute approximate surface area is 151 Å². The molecule has 0 bridgehead atoms. The molecule has 1 aromatic heterocycles. The second-order valence-electron chi connectivity index (χ2n) is 6.63. The molecule has 0 unspecified atom stereocenters. The fraction of sp³-hybridized carbons (Fsp3) is 0.588. The van der Waals surface area contributed by atoms with Gasteiger partial charge in [0.2, 0.25) is 0 Å². The summed E-state index contributed by atoms with van der Waals surface area (Å²) < 4.78 is 0. The van der Waals surface area contributed by atoms with Crippen molar-refractivity contribution in [3.63, 3.8) is 0 Å². The summed E-state index contributed by atoms with van der Waals surface area (Å²) in [5.41, 5.74) is 1.67. The van der Waals surface area contributed by atoms with E-state index in [1.807, 2.05) is 29.3 Å². The number of nitrogens with zero attached hydrogens (tertiary/aromatic N) is 2. The predicted molar refractivity (Wildman–Crippen MR) is 94.6 cm³/mol. The maximum Gasteiger partial charge on any atom is 0.344 e. The van der Waals surface area contributed by atoms with Crippen molar-refractivity contribution in [2.24, 2.45) is 0 Å². The van der Waals surface area contributed by atoms with Crippen molar-refractivity contribution in [2.75, 3.05) is 13.1 Å². The first-order valence-electron chi connectivity index (χ1n) is 8.75. The Morgan fingerprint density at radius 3 is 2.76 bits per heavy atom. The summed E-state index contributed by atoms with van der Waals surface area (Å²) in [7, 11) is 0. The van der Waals surface area contributed by atoms with E-state index < -0.39 is 11.6 Å². The lowest BCUT2D eigenvalue weighted by molar-refractivity contribution is -0.140. The molecule has 2 fully saturated rings. The van der Waals surface area contributed by atoms with Gasteiger partial charge in [0.25, 0.3) is 11.8 Å². The first kappa shape index (κ1) is 17.9. The molecule has 136 valence electrons. The van der Waals surface area contributed by atoms with Crippen molar-refractivity contribution in [2.45, 2.75) is 51.1 Å². The summed E-state index contributed by atoms with van der Waals surface area (Å²) in [6.45, 7) is 3.49. The number of rotatable bonds is 6. The molecular formula is C17H24N4O3S. The quantitative estimate of drug-likeness (QED) is 0.755. The second-order valence-corrected chi connectivity index (χ2v) is 7.66. The zero-order chi connectivity index (χ0) is 17.9. The molecule has 1 aliphatic carbocycles. The number of hydrogen-bond acceptors (Lipinski definition) is 5. The first-order valence-corrected chi connectivity index (χ1v) is 9.63. The molecule has 0 atom stereocenters. The van der Waals surface area contributed by atoms with Crippen LogP contribution in [0.2, 0.25) is 0 Å². The molecule has 4 amide bonds. The molecular weight excluding hydrogens is 340 g/mol. The lowest BCUT2D eigenvalue weighted by Crippen LogP contribution is -2.52. The lowest BCUT2D eigenvalue weighted by Gasteiger charge is -2.30. The Kier molecular flexibility index (Phi) is 5.39. The van der Waals surface area contributed by atoms with Crippen molar-refractivity contribution in [3.8, 4) is 0 Å². The summed E-state index contributed by atoms with van der Waals surface area (Å²) in [4.78, 5) is 40.3. The van der Waals surface area contributed by atoms with Gasteiger partial charge in [-0.2, -0.15) is 5.01 Å². The molecule has 1 saturated heterocycles. The molecule has 1 spiro atoms. The monoisotopic (exact) mass is 364 g/mol. The topological polar surface area (TPSA) is 81.8 Å². The Hall–Kier alpha value is -1.93. The normalized spacial score (nSPS) is 19.5. The third-order valence-electron chi connectivity index (χ3n) is 4.88. The van der Waals surface area contributed by atoms with Gasteiger partial charge in [-0.3, -0.25) is 19.9 Å². The van der Waals surface area contributed by atoms with Gasteiger partial charge in [0, 0.05) is 11.4 Å². The number of urea groups is 1. The van der Waals surface area contributed by atoms with Gasteiger partial charge in [-0.05, 0) is 30.8 Å². The Balaban J connectivity index is 1.58. The van der Waals surface area contributed by atoms with Crippen LogP contribution in [0.1, 0.15) is 43.9 Å². The molecule has 7 nitrogen and oxygen atoms in total. The average molecular weight is 364 g/mol. The van der Waals surface area contributed by atoms with Gasteiger partial charge in [-0.25, -0.2) is 4.79 Å². The fourth-order valence-corrected chi connectivity index (χ4v) is 4.23. The van der Waals surface area contributed by atoms with Gasteiger partial charge < -0.3 is 5.32 Å². The Morgan fingerprint density at radius 2 is 2.12 bits per heavy atom. The smallest absolute Gasteiger partial charge is 0.322 e. The molecule has 2 aliphatic rings. The van der Waals surface area contributed by atoms with Crippen molar-refractivity contribution < 1.29 is 14.4 Å². The first-order chi connectivity index (χ1) is 12.0. The second kappa shape index (κ2) is 7.53. The Bertz CT molecular complexity index is 640. The lowest BCUT2D eigenvalue weighted by atomic mass is 9.82. The molecule has 2 heterocycles. The van der Waals surface area contributed by atoms with Crippen LogP contribution in [0.15, 0.2) is 17.5 Å².